The molecule has 0 saturated heterocycles. The van der Waals surface area contributed by atoms with E-state index in [1.165, 1.54) is 4.57 Å². The average Bonchev–Trinajstić information content (AvgIpc) is 3.50. The Balaban J connectivity index is 1.70. The first-order valence-corrected chi connectivity index (χ1v) is 11.0. The monoisotopic (exact) mass is 430 g/mol. The number of benzene rings is 2. The molecule has 32 heavy (non-hydrogen) atoms. The van der Waals surface area contributed by atoms with Crippen LogP contribution in [0.25, 0.3) is 11.2 Å². The minimum atomic E-state index is -0.356. The molecule has 0 bridgehead atoms. The van der Waals surface area contributed by atoms with Crippen molar-refractivity contribution >= 4 is 11.2 Å². The normalized spacial score (nSPS) is 14.3. The van der Waals surface area contributed by atoms with Gasteiger partial charge >= 0.3 is 5.69 Å². The van der Waals surface area contributed by atoms with Crippen molar-refractivity contribution in [3.63, 3.8) is 0 Å². The maximum atomic E-state index is 13.6. The third kappa shape index (κ3) is 3.64. The summed E-state index contributed by atoms with van der Waals surface area (Å²) >= 11 is 0. The van der Waals surface area contributed by atoms with Crippen LogP contribution in [0.15, 0.2) is 70.5 Å². The molecule has 0 spiro atoms. The quantitative estimate of drug-likeness (QED) is 0.469. The molecule has 4 aromatic rings. The lowest BCUT2D eigenvalue weighted by atomic mass is 10.2. The van der Waals surface area contributed by atoms with Gasteiger partial charge in [0, 0.05) is 6.04 Å². The van der Waals surface area contributed by atoms with E-state index in [0.29, 0.717) is 23.5 Å². The molecular weight excluding hydrogens is 404 g/mol. The van der Waals surface area contributed by atoms with Gasteiger partial charge in [0.25, 0.3) is 5.56 Å². The topological polar surface area (TPSA) is 71.1 Å². The molecule has 0 radical (unpaired) electrons. The summed E-state index contributed by atoms with van der Waals surface area (Å²) in [6, 6.07) is 17.5. The van der Waals surface area contributed by atoms with Crippen molar-refractivity contribution in [2.24, 2.45) is 0 Å². The van der Waals surface area contributed by atoms with Crippen LogP contribution in [0.1, 0.15) is 42.9 Å². The zero-order valence-corrected chi connectivity index (χ0v) is 18.1. The van der Waals surface area contributed by atoms with E-state index in [1.807, 2.05) is 59.2 Å². The van der Waals surface area contributed by atoms with Gasteiger partial charge in [0.2, 0.25) is 0 Å². The van der Waals surface area contributed by atoms with Crippen LogP contribution >= 0.6 is 0 Å². The van der Waals surface area contributed by atoms with Crippen molar-refractivity contribution in [1.29, 1.82) is 0 Å². The molecule has 164 valence electrons. The van der Waals surface area contributed by atoms with E-state index in [0.717, 1.165) is 36.8 Å². The first kappa shape index (κ1) is 20.3. The lowest BCUT2D eigenvalue weighted by Gasteiger charge is -2.15. The van der Waals surface area contributed by atoms with E-state index in [4.69, 9.17) is 4.74 Å². The number of methoxy groups -OCH3 is 1. The standard InChI is InChI=1S/C25H26N4O3/c1-32-21-13-7-10-19(14-21)16-28-24(30)22-23(26-17-29(22)20-11-5-6-12-20)27(25(28)31)15-18-8-3-2-4-9-18/h2-4,7-10,13-14,17,20H,5-6,11-12,15-16H2,1H3. The molecule has 0 unspecified atom stereocenters. The van der Waals surface area contributed by atoms with E-state index in [-0.39, 0.29) is 23.8 Å². The van der Waals surface area contributed by atoms with Gasteiger partial charge in [0.15, 0.2) is 11.2 Å². The van der Waals surface area contributed by atoms with Crippen molar-refractivity contribution in [3.8, 4) is 5.75 Å². The zero-order valence-electron chi connectivity index (χ0n) is 18.1. The van der Waals surface area contributed by atoms with Crippen LogP contribution in [-0.2, 0) is 13.1 Å². The van der Waals surface area contributed by atoms with Crippen molar-refractivity contribution in [2.75, 3.05) is 7.11 Å². The number of ether oxygens (including phenoxy) is 1. The highest BCUT2D eigenvalue weighted by Gasteiger charge is 2.24. The number of rotatable bonds is 6. The van der Waals surface area contributed by atoms with E-state index in [1.54, 1.807) is 18.0 Å². The first-order valence-electron chi connectivity index (χ1n) is 11.0. The van der Waals surface area contributed by atoms with Crippen molar-refractivity contribution < 1.29 is 4.74 Å². The van der Waals surface area contributed by atoms with Crippen molar-refractivity contribution in [1.82, 2.24) is 18.7 Å². The van der Waals surface area contributed by atoms with Crippen molar-refractivity contribution in [2.45, 2.75) is 44.8 Å². The minimum Gasteiger partial charge on any atom is -0.497 e. The van der Waals surface area contributed by atoms with Gasteiger partial charge in [-0.2, -0.15) is 0 Å². The Bertz CT molecular complexity index is 1360. The predicted molar refractivity (Wildman–Crippen MR) is 123 cm³/mol. The molecule has 1 saturated carbocycles. The van der Waals surface area contributed by atoms with Crippen LogP contribution in [0.5, 0.6) is 5.75 Å². The van der Waals surface area contributed by atoms with Gasteiger partial charge in [-0.15, -0.1) is 0 Å². The van der Waals surface area contributed by atoms with Gasteiger partial charge in [0.05, 0.1) is 26.5 Å². The van der Waals surface area contributed by atoms with E-state index in [2.05, 4.69) is 4.98 Å². The fraction of sp³-hybridized carbons (Fsp3) is 0.320. The second-order valence-electron chi connectivity index (χ2n) is 8.36. The number of hydrogen-bond donors (Lipinski definition) is 0. The maximum Gasteiger partial charge on any atom is 0.333 e. The highest BCUT2D eigenvalue weighted by molar-refractivity contribution is 5.70. The molecule has 2 aromatic carbocycles. The molecule has 0 amide bonds. The van der Waals surface area contributed by atoms with Crippen molar-refractivity contribution in [3.05, 3.63) is 92.9 Å². The highest BCUT2D eigenvalue weighted by Crippen LogP contribution is 2.31. The fourth-order valence-electron chi connectivity index (χ4n) is 4.67. The van der Waals surface area contributed by atoms with Gasteiger partial charge < -0.3 is 9.30 Å². The maximum absolute atomic E-state index is 13.6. The van der Waals surface area contributed by atoms with Gasteiger partial charge in [0.1, 0.15) is 5.75 Å². The third-order valence-corrected chi connectivity index (χ3v) is 6.32. The predicted octanol–water partition coefficient (Wildman–Crippen LogP) is 3.58. The average molecular weight is 431 g/mol. The lowest BCUT2D eigenvalue weighted by molar-refractivity contribution is 0.414. The van der Waals surface area contributed by atoms with Gasteiger partial charge in [-0.1, -0.05) is 55.3 Å². The first-order chi connectivity index (χ1) is 15.7. The second kappa shape index (κ2) is 8.49. The smallest absolute Gasteiger partial charge is 0.333 e. The Labute approximate surface area is 185 Å². The van der Waals surface area contributed by atoms with Crippen LogP contribution in [-0.4, -0.2) is 25.8 Å². The van der Waals surface area contributed by atoms with Crippen LogP contribution < -0.4 is 16.0 Å². The molecule has 0 N–H and O–H groups in total. The fourth-order valence-corrected chi connectivity index (χ4v) is 4.67. The Kier molecular flexibility index (Phi) is 5.39. The van der Waals surface area contributed by atoms with E-state index in [9.17, 15) is 9.59 Å². The molecular formula is C25H26N4O3. The molecule has 7 heteroatoms. The van der Waals surface area contributed by atoms with Gasteiger partial charge in [-0.25, -0.2) is 9.78 Å². The Hall–Kier alpha value is -3.61. The molecule has 1 fully saturated rings. The van der Waals surface area contributed by atoms with E-state index < -0.39 is 0 Å². The lowest BCUT2D eigenvalue weighted by Crippen LogP contribution is -2.41. The molecule has 0 atom stereocenters. The number of nitrogens with zero attached hydrogens (tertiary/aromatic N) is 4. The number of aromatic nitrogens is 4. The second-order valence-corrected chi connectivity index (χ2v) is 8.36. The zero-order chi connectivity index (χ0) is 22.1. The Morgan fingerprint density at radius 3 is 2.41 bits per heavy atom. The summed E-state index contributed by atoms with van der Waals surface area (Å²) in [5, 5.41) is 0. The van der Waals surface area contributed by atoms with Crippen LogP contribution in [0.3, 0.4) is 0 Å². The summed E-state index contributed by atoms with van der Waals surface area (Å²) in [6.07, 6.45) is 6.08. The summed E-state index contributed by atoms with van der Waals surface area (Å²) in [4.78, 5) is 31.7. The number of fused-ring (bicyclic) bond motifs is 1. The van der Waals surface area contributed by atoms with Gasteiger partial charge in [-0.3, -0.25) is 13.9 Å². The molecule has 5 rings (SSSR count). The van der Waals surface area contributed by atoms with Crippen LogP contribution in [0.4, 0.5) is 0 Å². The Morgan fingerprint density at radius 2 is 1.66 bits per heavy atom. The molecule has 1 aliphatic carbocycles. The summed E-state index contributed by atoms with van der Waals surface area (Å²) < 4.78 is 10.3. The van der Waals surface area contributed by atoms with Crippen LogP contribution in [0.2, 0.25) is 0 Å². The molecule has 1 aliphatic rings. The summed E-state index contributed by atoms with van der Waals surface area (Å²) in [5.74, 6) is 0.692. The molecule has 7 nitrogen and oxygen atoms in total. The number of imidazole rings is 1. The third-order valence-electron chi connectivity index (χ3n) is 6.32. The molecule has 0 aliphatic heterocycles. The summed E-state index contributed by atoms with van der Waals surface area (Å²) in [7, 11) is 1.60. The summed E-state index contributed by atoms with van der Waals surface area (Å²) in [5.41, 5.74) is 2.14. The van der Waals surface area contributed by atoms with E-state index >= 15 is 0 Å². The molecule has 2 heterocycles. The molecule has 2 aromatic heterocycles. The SMILES string of the molecule is COc1cccc(Cn2c(=O)c3c(ncn3C3CCCC3)n(Cc3ccccc3)c2=O)c1. The summed E-state index contributed by atoms with van der Waals surface area (Å²) in [6.45, 7) is 0.533. The minimum absolute atomic E-state index is 0.176. The largest absolute Gasteiger partial charge is 0.497 e. The van der Waals surface area contributed by atoms with Crippen LogP contribution in [0, 0.1) is 0 Å². The Morgan fingerprint density at radius 1 is 0.938 bits per heavy atom. The highest BCUT2D eigenvalue weighted by atomic mass is 16.5. The number of hydrogen-bond acceptors (Lipinski definition) is 4. The van der Waals surface area contributed by atoms with Gasteiger partial charge in [-0.05, 0) is 36.1 Å².